The van der Waals surface area contributed by atoms with Crippen LogP contribution in [0.1, 0.15) is 35.7 Å². The van der Waals surface area contributed by atoms with Crippen molar-refractivity contribution >= 4 is 37.3 Å². The molecule has 0 amide bonds. The number of aryl methyl sites for hydroxylation is 1. The fourth-order valence-corrected chi connectivity index (χ4v) is 5.52. The quantitative estimate of drug-likeness (QED) is 0.834. The fourth-order valence-electron chi connectivity index (χ4n) is 2.89. The lowest BCUT2D eigenvalue weighted by Crippen LogP contribution is -2.40. The van der Waals surface area contributed by atoms with Gasteiger partial charge in [0, 0.05) is 24.0 Å². The fraction of sp³-hybridized carbons (Fsp3) is 0.714. The van der Waals surface area contributed by atoms with Crippen molar-refractivity contribution in [3.8, 4) is 0 Å². The van der Waals surface area contributed by atoms with E-state index in [0.29, 0.717) is 25.0 Å². The zero-order valence-corrected chi connectivity index (χ0v) is 15.9. The third kappa shape index (κ3) is 4.51. The van der Waals surface area contributed by atoms with Crippen LogP contribution < -0.4 is 5.32 Å². The van der Waals surface area contributed by atoms with Crippen LogP contribution in [0, 0.1) is 12.8 Å². The lowest BCUT2D eigenvalue weighted by Gasteiger charge is -2.32. The molecular weight excluding hydrogens is 372 g/mol. The maximum absolute atomic E-state index is 11.7. The van der Waals surface area contributed by atoms with E-state index in [-0.39, 0.29) is 0 Å². The topological polar surface area (TPSA) is 49.4 Å². The molecule has 0 aliphatic carbocycles. The molecule has 0 radical (unpaired) electrons. The summed E-state index contributed by atoms with van der Waals surface area (Å²) < 4.78 is 26.2. The minimum Gasteiger partial charge on any atom is -0.312 e. The number of hydrogen-bond acceptors (Lipinski definition) is 4. The minimum atomic E-state index is -3.06. The molecule has 1 aromatic heterocycles. The van der Waals surface area contributed by atoms with Gasteiger partial charge < -0.3 is 5.32 Å². The normalized spacial score (nSPS) is 22.4. The molecule has 0 saturated carbocycles. The number of nitrogens with zero attached hydrogens (tertiary/aromatic N) is 1. The molecule has 2 heterocycles. The molecule has 1 saturated heterocycles. The maximum Gasteiger partial charge on any atom is 0.211 e. The van der Waals surface area contributed by atoms with Crippen molar-refractivity contribution in [2.75, 3.05) is 26.4 Å². The highest BCUT2D eigenvalue weighted by atomic mass is 79.9. The van der Waals surface area contributed by atoms with Gasteiger partial charge in [-0.3, -0.25) is 0 Å². The Balaban J connectivity index is 2.04. The molecule has 0 bridgehead atoms. The molecule has 4 nitrogen and oxygen atoms in total. The first-order valence-electron chi connectivity index (χ1n) is 7.19. The molecule has 2 unspecified atom stereocenters. The third-order valence-electron chi connectivity index (χ3n) is 4.09. The molecule has 1 aromatic rings. The highest BCUT2D eigenvalue weighted by molar-refractivity contribution is 9.11. The number of halogens is 1. The van der Waals surface area contributed by atoms with E-state index in [4.69, 9.17) is 0 Å². The second-order valence-corrected chi connectivity index (χ2v) is 10.2. The Morgan fingerprint density at radius 2 is 2.29 bits per heavy atom. The van der Waals surface area contributed by atoms with Gasteiger partial charge in [-0.05, 0) is 66.7 Å². The van der Waals surface area contributed by atoms with Crippen molar-refractivity contribution in [2.45, 2.75) is 32.2 Å². The second kappa shape index (κ2) is 7.08. The molecule has 1 N–H and O–H groups in total. The highest BCUT2D eigenvalue weighted by Crippen LogP contribution is 2.35. The first-order chi connectivity index (χ1) is 9.81. The standard InChI is InChI=1S/C14H23BrN2O2S2/c1-10-7-13(20-14(10)15)12(16-2)8-11-5-4-6-17(9-11)21(3,18)19/h7,11-12,16H,4-6,8-9H2,1-3H3. The molecule has 0 spiro atoms. The van der Waals surface area contributed by atoms with Crippen LogP contribution in [0.15, 0.2) is 9.85 Å². The Morgan fingerprint density at radius 3 is 2.81 bits per heavy atom. The molecule has 1 aliphatic rings. The van der Waals surface area contributed by atoms with Crippen molar-refractivity contribution in [2.24, 2.45) is 5.92 Å². The van der Waals surface area contributed by atoms with Gasteiger partial charge >= 0.3 is 0 Å². The van der Waals surface area contributed by atoms with E-state index in [9.17, 15) is 8.42 Å². The van der Waals surface area contributed by atoms with E-state index in [1.165, 1.54) is 20.5 Å². The van der Waals surface area contributed by atoms with Gasteiger partial charge in [0.2, 0.25) is 10.0 Å². The number of hydrogen-bond donors (Lipinski definition) is 1. The molecule has 120 valence electrons. The molecule has 7 heteroatoms. The maximum atomic E-state index is 11.7. The average molecular weight is 395 g/mol. The van der Waals surface area contributed by atoms with Crippen molar-refractivity contribution in [3.63, 3.8) is 0 Å². The van der Waals surface area contributed by atoms with Gasteiger partial charge in [-0.15, -0.1) is 11.3 Å². The Morgan fingerprint density at radius 1 is 1.57 bits per heavy atom. The van der Waals surface area contributed by atoms with E-state index in [1.807, 2.05) is 7.05 Å². The first-order valence-corrected chi connectivity index (χ1v) is 10.6. The monoisotopic (exact) mass is 394 g/mol. The van der Waals surface area contributed by atoms with Crippen LogP contribution in [-0.4, -0.2) is 39.1 Å². The second-order valence-electron chi connectivity index (χ2n) is 5.81. The van der Waals surface area contributed by atoms with Gasteiger partial charge in [-0.1, -0.05) is 0 Å². The number of piperidine rings is 1. The summed E-state index contributed by atoms with van der Waals surface area (Å²) in [5, 5.41) is 3.38. The summed E-state index contributed by atoms with van der Waals surface area (Å²) in [7, 11) is -1.08. The van der Waals surface area contributed by atoms with Gasteiger partial charge in [-0.2, -0.15) is 0 Å². The molecule has 0 aromatic carbocycles. The van der Waals surface area contributed by atoms with E-state index in [0.717, 1.165) is 19.3 Å². The molecule has 2 rings (SSSR count). The lowest BCUT2D eigenvalue weighted by atomic mass is 9.92. The van der Waals surface area contributed by atoms with Crippen LogP contribution in [0.3, 0.4) is 0 Å². The summed E-state index contributed by atoms with van der Waals surface area (Å²) in [6.45, 7) is 3.43. The summed E-state index contributed by atoms with van der Waals surface area (Å²) in [4.78, 5) is 1.32. The van der Waals surface area contributed by atoms with Crippen LogP contribution in [0.25, 0.3) is 0 Å². The zero-order chi connectivity index (χ0) is 15.6. The van der Waals surface area contributed by atoms with E-state index < -0.39 is 10.0 Å². The van der Waals surface area contributed by atoms with Crippen LogP contribution in [0.4, 0.5) is 0 Å². The van der Waals surface area contributed by atoms with E-state index >= 15 is 0 Å². The predicted molar refractivity (Wildman–Crippen MR) is 92.3 cm³/mol. The van der Waals surface area contributed by atoms with Gasteiger partial charge in [0.1, 0.15) is 0 Å². The SMILES string of the molecule is CNC(CC1CCCN(S(C)(=O)=O)C1)c1cc(C)c(Br)s1. The summed E-state index contributed by atoms with van der Waals surface area (Å²) in [6, 6.07) is 2.51. The molecule has 2 atom stereocenters. The van der Waals surface area contributed by atoms with Gasteiger partial charge in [0.15, 0.2) is 0 Å². The van der Waals surface area contributed by atoms with Crippen molar-refractivity contribution < 1.29 is 8.42 Å². The van der Waals surface area contributed by atoms with Gasteiger partial charge in [-0.25, -0.2) is 12.7 Å². The summed E-state index contributed by atoms with van der Waals surface area (Å²) >= 11 is 5.34. The molecule has 21 heavy (non-hydrogen) atoms. The average Bonchev–Trinajstić information content (AvgIpc) is 2.75. The molecule has 1 aliphatic heterocycles. The molecular formula is C14H23BrN2O2S2. The number of rotatable bonds is 5. The summed E-state index contributed by atoms with van der Waals surface area (Å²) in [5.41, 5.74) is 1.26. The minimum absolute atomic E-state index is 0.296. The van der Waals surface area contributed by atoms with E-state index in [2.05, 4.69) is 34.2 Å². The highest BCUT2D eigenvalue weighted by Gasteiger charge is 2.28. The Hall–Kier alpha value is 0.0500. The number of sulfonamides is 1. The van der Waals surface area contributed by atoms with Crippen LogP contribution in [-0.2, 0) is 10.0 Å². The lowest BCUT2D eigenvalue weighted by molar-refractivity contribution is 0.241. The predicted octanol–water partition coefficient (Wildman–Crippen LogP) is 3.14. The van der Waals surface area contributed by atoms with Crippen molar-refractivity contribution in [1.82, 2.24) is 9.62 Å². The van der Waals surface area contributed by atoms with Gasteiger partial charge in [0.05, 0.1) is 10.0 Å². The largest absolute Gasteiger partial charge is 0.312 e. The Bertz CT molecular complexity index is 566. The first kappa shape index (κ1) is 17.4. The number of thiophene rings is 1. The van der Waals surface area contributed by atoms with Crippen molar-refractivity contribution in [1.29, 1.82) is 0 Å². The summed E-state index contributed by atoms with van der Waals surface area (Å²) in [6.07, 6.45) is 4.36. The zero-order valence-electron chi connectivity index (χ0n) is 12.7. The number of nitrogens with one attached hydrogen (secondary N) is 1. The van der Waals surface area contributed by atoms with Crippen molar-refractivity contribution in [3.05, 3.63) is 20.3 Å². The van der Waals surface area contributed by atoms with Crippen LogP contribution >= 0.6 is 27.3 Å². The third-order valence-corrected chi connectivity index (χ3v) is 7.61. The Labute approximate surface area is 140 Å². The van der Waals surface area contributed by atoms with E-state index in [1.54, 1.807) is 15.6 Å². The summed E-state index contributed by atoms with van der Waals surface area (Å²) in [5.74, 6) is 0.423. The Kier molecular flexibility index (Phi) is 5.87. The smallest absolute Gasteiger partial charge is 0.211 e. The van der Waals surface area contributed by atoms with Gasteiger partial charge in [0.25, 0.3) is 0 Å². The van der Waals surface area contributed by atoms with Crippen LogP contribution in [0.2, 0.25) is 0 Å². The molecule has 1 fully saturated rings. The van der Waals surface area contributed by atoms with Crippen LogP contribution in [0.5, 0.6) is 0 Å².